The molecular weight excluding hydrogens is 364 g/mol. The van der Waals surface area contributed by atoms with E-state index < -0.39 is 0 Å². The van der Waals surface area contributed by atoms with Crippen LogP contribution in [0.5, 0.6) is 5.75 Å². The molecule has 96 valence electrons. The Balaban J connectivity index is 2.10. The minimum absolute atomic E-state index is 0.634. The second-order valence-corrected chi connectivity index (χ2v) is 5.23. The number of nitrogens with one attached hydrogen (secondary N) is 1. The summed E-state index contributed by atoms with van der Waals surface area (Å²) in [5.74, 6) is 0.825. The van der Waals surface area contributed by atoms with Crippen molar-refractivity contribution >= 4 is 31.9 Å². The Bertz CT molecular complexity index is 493. The summed E-state index contributed by atoms with van der Waals surface area (Å²) < 4.78 is 9.10. The van der Waals surface area contributed by atoms with Crippen LogP contribution in [0.1, 0.15) is 12.5 Å². The average Bonchev–Trinajstić information content (AvgIpc) is 2.84. The van der Waals surface area contributed by atoms with E-state index in [1.54, 1.807) is 17.3 Å². The molecule has 7 heteroatoms. The molecule has 0 spiro atoms. The number of ether oxygens (including phenoxy) is 1. The Morgan fingerprint density at radius 2 is 1.83 bits per heavy atom. The zero-order chi connectivity index (χ0) is 13.0. The molecule has 0 fully saturated rings. The van der Waals surface area contributed by atoms with Gasteiger partial charge in [0, 0.05) is 0 Å². The van der Waals surface area contributed by atoms with Crippen LogP contribution in [0.25, 0.3) is 0 Å². The quantitative estimate of drug-likeness (QED) is 0.872. The molecule has 2 rings (SSSR count). The van der Waals surface area contributed by atoms with Gasteiger partial charge in [-0.15, -0.1) is 10.2 Å². The summed E-state index contributed by atoms with van der Waals surface area (Å²) in [5, 5.41) is 7.44. The van der Waals surface area contributed by atoms with Gasteiger partial charge in [0.2, 0.25) is 0 Å². The summed E-state index contributed by atoms with van der Waals surface area (Å²) in [6, 6.07) is 4.04. The second kappa shape index (κ2) is 6.19. The predicted molar refractivity (Wildman–Crippen MR) is 76.1 cm³/mol. The zero-order valence-corrected chi connectivity index (χ0v) is 12.9. The summed E-state index contributed by atoms with van der Waals surface area (Å²) in [6.07, 6.45) is 3.22. The van der Waals surface area contributed by atoms with Crippen LogP contribution < -0.4 is 10.2 Å². The van der Waals surface area contributed by atoms with Crippen LogP contribution >= 0.6 is 31.9 Å². The number of benzene rings is 1. The molecule has 0 saturated carbocycles. The molecule has 0 radical (unpaired) electrons. The third-order valence-electron chi connectivity index (χ3n) is 2.23. The summed E-state index contributed by atoms with van der Waals surface area (Å²) in [5.41, 5.74) is 4.27. The second-order valence-electron chi connectivity index (χ2n) is 3.53. The maximum absolute atomic E-state index is 5.53. The van der Waals surface area contributed by atoms with Crippen molar-refractivity contribution < 1.29 is 4.74 Å². The van der Waals surface area contributed by atoms with Gasteiger partial charge in [0.25, 0.3) is 0 Å². The molecule has 1 N–H and O–H groups in total. The van der Waals surface area contributed by atoms with Gasteiger partial charge in [-0.3, -0.25) is 0 Å². The minimum Gasteiger partial charge on any atom is -0.492 e. The van der Waals surface area contributed by atoms with Crippen LogP contribution in [0.2, 0.25) is 0 Å². The van der Waals surface area contributed by atoms with Crippen LogP contribution in [-0.4, -0.2) is 21.5 Å². The van der Waals surface area contributed by atoms with Crippen molar-refractivity contribution in [2.45, 2.75) is 13.5 Å². The van der Waals surface area contributed by atoms with Gasteiger partial charge in [0.1, 0.15) is 18.4 Å². The fraction of sp³-hybridized carbons (Fsp3) is 0.273. The smallest absolute Gasteiger partial charge is 0.147 e. The number of halogens is 2. The van der Waals surface area contributed by atoms with Crippen LogP contribution in [-0.2, 0) is 6.54 Å². The van der Waals surface area contributed by atoms with Crippen LogP contribution in [0.4, 0.5) is 0 Å². The normalized spacial score (nSPS) is 10.4. The van der Waals surface area contributed by atoms with Gasteiger partial charge in [-0.1, -0.05) is 0 Å². The van der Waals surface area contributed by atoms with E-state index in [4.69, 9.17) is 4.74 Å². The lowest BCUT2D eigenvalue weighted by Gasteiger charge is -2.12. The van der Waals surface area contributed by atoms with Crippen molar-refractivity contribution in [3.8, 4) is 5.75 Å². The van der Waals surface area contributed by atoms with Gasteiger partial charge in [-0.25, -0.2) is 4.68 Å². The van der Waals surface area contributed by atoms with E-state index in [0.717, 1.165) is 20.3 Å². The summed E-state index contributed by atoms with van der Waals surface area (Å²) >= 11 is 7.01. The molecule has 0 aliphatic heterocycles. The monoisotopic (exact) mass is 374 g/mol. The van der Waals surface area contributed by atoms with E-state index in [1.165, 1.54) is 0 Å². The number of nitrogens with zero attached hydrogens (tertiary/aromatic N) is 3. The molecule has 1 aromatic carbocycles. The Labute approximate surface area is 122 Å². The van der Waals surface area contributed by atoms with E-state index in [9.17, 15) is 0 Å². The Morgan fingerprint density at radius 1 is 1.22 bits per heavy atom. The Hall–Kier alpha value is -1.08. The maximum Gasteiger partial charge on any atom is 0.147 e. The molecule has 0 unspecified atom stereocenters. The zero-order valence-electron chi connectivity index (χ0n) is 9.73. The number of hydrogen-bond donors (Lipinski definition) is 1. The fourth-order valence-electron chi connectivity index (χ4n) is 1.46. The number of hydrogen-bond acceptors (Lipinski definition) is 4. The topological polar surface area (TPSA) is 52.0 Å². The molecule has 0 aliphatic rings. The number of aromatic nitrogens is 3. The molecule has 0 atom stereocenters. The van der Waals surface area contributed by atoms with Gasteiger partial charge < -0.3 is 10.2 Å². The van der Waals surface area contributed by atoms with Gasteiger partial charge in [0.05, 0.1) is 22.1 Å². The van der Waals surface area contributed by atoms with Crippen LogP contribution in [0, 0.1) is 0 Å². The molecule has 1 heterocycles. The third-order valence-corrected chi connectivity index (χ3v) is 3.41. The first-order chi connectivity index (χ1) is 8.70. The van der Waals surface area contributed by atoms with Crippen LogP contribution in [0.15, 0.2) is 33.7 Å². The van der Waals surface area contributed by atoms with E-state index in [0.29, 0.717) is 13.2 Å². The lowest BCUT2D eigenvalue weighted by molar-refractivity contribution is 0.336. The molecule has 0 saturated heterocycles. The highest BCUT2D eigenvalue weighted by atomic mass is 79.9. The molecule has 5 nitrogen and oxygen atoms in total. The highest BCUT2D eigenvalue weighted by Gasteiger charge is 2.08. The highest BCUT2D eigenvalue weighted by Crippen LogP contribution is 2.34. The summed E-state index contributed by atoms with van der Waals surface area (Å²) in [7, 11) is 0. The molecular formula is C11H12Br2N4O. The minimum atomic E-state index is 0.634. The SMILES string of the molecule is CCOc1c(Br)cc(CNn2cnnc2)cc1Br. The highest BCUT2D eigenvalue weighted by molar-refractivity contribution is 9.11. The largest absolute Gasteiger partial charge is 0.492 e. The van der Waals surface area contributed by atoms with E-state index in [1.807, 2.05) is 19.1 Å². The van der Waals surface area contributed by atoms with Crippen molar-refractivity contribution in [2.24, 2.45) is 0 Å². The van der Waals surface area contributed by atoms with Crippen LogP contribution in [0.3, 0.4) is 0 Å². The lowest BCUT2D eigenvalue weighted by atomic mass is 10.2. The van der Waals surface area contributed by atoms with Gasteiger partial charge in [0.15, 0.2) is 0 Å². The summed E-state index contributed by atoms with van der Waals surface area (Å²) in [6.45, 7) is 3.26. The molecule has 1 aromatic heterocycles. The Morgan fingerprint density at radius 3 is 2.39 bits per heavy atom. The molecule has 18 heavy (non-hydrogen) atoms. The molecule has 0 amide bonds. The first kappa shape index (κ1) is 13.4. The van der Waals surface area contributed by atoms with Gasteiger partial charge in [-0.05, 0) is 56.5 Å². The van der Waals surface area contributed by atoms with Crippen molar-refractivity contribution in [1.82, 2.24) is 14.9 Å². The fourth-order valence-corrected chi connectivity index (χ4v) is 2.97. The van der Waals surface area contributed by atoms with E-state index in [-0.39, 0.29) is 0 Å². The van der Waals surface area contributed by atoms with E-state index in [2.05, 4.69) is 47.5 Å². The standard InChI is InChI=1S/C11H12Br2N4O/c1-2-18-11-9(12)3-8(4-10(11)13)5-16-17-6-14-15-7-17/h3-4,6-7,16H,2,5H2,1H3. The van der Waals surface area contributed by atoms with Crippen molar-refractivity contribution in [3.63, 3.8) is 0 Å². The van der Waals surface area contributed by atoms with Gasteiger partial charge in [-0.2, -0.15) is 0 Å². The maximum atomic E-state index is 5.53. The Kier molecular flexibility index (Phi) is 4.60. The van der Waals surface area contributed by atoms with Gasteiger partial charge >= 0.3 is 0 Å². The lowest BCUT2D eigenvalue weighted by Crippen LogP contribution is -2.12. The van der Waals surface area contributed by atoms with Crippen molar-refractivity contribution in [1.29, 1.82) is 0 Å². The first-order valence-corrected chi connectivity index (χ1v) is 6.98. The van der Waals surface area contributed by atoms with Crippen molar-refractivity contribution in [3.05, 3.63) is 39.3 Å². The molecule has 0 bridgehead atoms. The number of rotatable bonds is 5. The summed E-state index contributed by atoms with van der Waals surface area (Å²) in [4.78, 5) is 0. The predicted octanol–water partition coefficient (Wildman–Crippen LogP) is 2.95. The molecule has 2 aromatic rings. The van der Waals surface area contributed by atoms with Crippen molar-refractivity contribution in [2.75, 3.05) is 12.0 Å². The molecule has 0 aliphatic carbocycles. The third kappa shape index (κ3) is 3.23. The average molecular weight is 376 g/mol. The first-order valence-electron chi connectivity index (χ1n) is 5.40. The van der Waals surface area contributed by atoms with E-state index >= 15 is 0 Å².